The number of H-pyrrole nitrogens is 1. The summed E-state index contributed by atoms with van der Waals surface area (Å²) in [7, 11) is 0. The molecule has 4 rings (SSSR count). The minimum absolute atomic E-state index is 0.0856. The van der Waals surface area contributed by atoms with Gasteiger partial charge in [0, 0.05) is 19.0 Å². The van der Waals surface area contributed by atoms with Crippen molar-refractivity contribution >= 4 is 6.03 Å². The van der Waals surface area contributed by atoms with Gasteiger partial charge in [0.25, 0.3) is 0 Å². The van der Waals surface area contributed by atoms with Crippen LogP contribution in [-0.4, -0.2) is 49.3 Å². The van der Waals surface area contributed by atoms with Gasteiger partial charge in [0.2, 0.25) is 11.7 Å². The van der Waals surface area contributed by atoms with E-state index in [4.69, 9.17) is 4.52 Å². The van der Waals surface area contributed by atoms with E-state index in [0.717, 1.165) is 18.7 Å². The first-order chi connectivity index (χ1) is 13.2. The van der Waals surface area contributed by atoms with Crippen LogP contribution in [0.3, 0.4) is 0 Å². The minimum Gasteiger partial charge on any atom is -0.337 e. The number of hydrogen-bond acceptors (Lipinski definition) is 6. The number of benzene rings is 1. The van der Waals surface area contributed by atoms with Crippen molar-refractivity contribution in [3.8, 4) is 11.4 Å². The third-order valence-corrected chi connectivity index (χ3v) is 4.58. The molecule has 0 aliphatic carbocycles. The van der Waals surface area contributed by atoms with E-state index < -0.39 is 5.82 Å². The van der Waals surface area contributed by atoms with Gasteiger partial charge in [-0.05, 0) is 25.0 Å². The summed E-state index contributed by atoms with van der Waals surface area (Å²) in [4.78, 5) is 22.4. The molecule has 3 heterocycles. The summed E-state index contributed by atoms with van der Waals surface area (Å²) in [5.74, 6) is 1.10. The van der Waals surface area contributed by atoms with Gasteiger partial charge in [0.1, 0.15) is 18.0 Å². The van der Waals surface area contributed by atoms with Crippen LogP contribution in [0.5, 0.6) is 0 Å². The number of halogens is 1. The van der Waals surface area contributed by atoms with Gasteiger partial charge < -0.3 is 14.7 Å². The molecular formula is C17H18FN7O2. The molecule has 27 heavy (non-hydrogen) atoms. The van der Waals surface area contributed by atoms with Gasteiger partial charge in [-0.2, -0.15) is 10.1 Å². The number of likely N-dealkylation sites (tertiary alicyclic amines) is 1. The topological polar surface area (TPSA) is 113 Å². The molecule has 2 aromatic heterocycles. The smallest absolute Gasteiger partial charge is 0.317 e. The highest BCUT2D eigenvalue weighted by Crippen LogP contribution is 2.25. The average molecular weight is 371 g/mol. The number of carbonyl (C=O) groups excluding carboxylic acids is 1. The Morgan fingerprint density at radius 1 is 1.33 bits per heavy atom. The number of aromatic amines is 1. The number of nitrogens with one attached hydrogen (secondary N) is 2. The Bertz CT molecular complexity index is 904. The van der Waals surface area contributed by atoms with E-state index in [0.29, 0.717) is 13.1 Å². The summed E-state index contributed by atoms with van der Waals surface area (Å²) < 4.78 is 18.9. The van der Waals surface area contributed by atoms with Gasteiger partial charge >= 0.3 is 6.03 Å². The fourth-order valence-electron chi connectivity index (χ4n) is 3.11. The molecule has 2 N–H and O–H groups in total. The SMILES string of the molecule is O=C(NCc1nc(-c2ccccc2F)no1)N1CCC(c2ncn[nH]2)CC1. The molecule has 1 aromatic carbocycles. The number of hydrogen-bond donors (Lipinski definition) is 2. The van der Waals surface area contributed by atoms with Crippen LogP contribution in [0.4, 0.5) is 9.18 Å². The first kappa shape index (κ1) is 17.1. The van der Waals surface area contributed by atoms with Crippen LogP contribution in [0.2, 0.25) is 0 Å². The highest BCUT2D eigenvalue weighted by Gasteiger charge is 2.25. The van der Waals surface area contributed by atoms with Crippen molar-refractivity contribution < 1.29 is 13.7 Å². The van der Waals surface area contributed by atoms with E-state index in [2.05, 4.69) is 30.6 Å². The molecule has 0 saturated carbocycles. The molecule has 0 bridgehead atoms. The maximum Gasteiger partial charge on any atom is 0.317 e. The van der Waals surface area contributed by atoms with Crippen LogP contribution in [0.25, 0.3) is 11.4 Å². The van der Waals surface area contributed by atoms with Crippen molar-refractivity contribution in [2.24, 2.45) is 0 Å². The van der Waals surface area contributed by atoms with Crippen LogP contribution in [0.1, 0.15) is 30.5 Å². The summed E-state index contributed by atoms with van der Waals surface area (Å²) >= 11 is 0. The molecule has 1 saturated heterocycles. The average Bonchev–Trinajstić information content (AvgIpc) is 3.39. The Kier molecular flexibility index (Phi) is 4.77. The molecule has 3 aromatic rings. The zero-order valence-electron chi connectivity index (χ0n) is 14.4. The summed E-state index contributed by atoms with van der Waals surface area (Å²) in [5, 5.41) is 13.3. The van der Waals surface area contributed by atoms with E-state index in [9.17, 15) is 9.18 Å². The van der Waals surface area contributed by atoms with E-state index in [1.54, 1.807) is 23.1 Å². The lowest BCUT2D eigenvalue weighted by Crippen LogP contribution is -2.44. The summed E-state index contributed by atoms with van der Waals surface area (Å²) in [6.45, 7) is 1.34. The van der Waals surface area contributed by atoms with Crippen molar-refractivity contribution in [2.75, 3.05) is 13.1 Å². The van der Waals surface area contributed by atoms with E-state index in [1.807, 2.05) is 0 Å². The van der Waals surface area contributed by atoms with Gasteiger partial charge in [-0.15, -0.1) is 0 Å². The normalized spacial score (nSPS) is 15.1. The summed E-state index contributed by atoms with van der Waals surface area (Å²) in [6, 6.07) is 5.98. The predicted molar refractivity (Wildman–Crippen MR) is 91.9 cm³/mol. The van der Waals surface area contributed by atoms with E-state index >= 15 is 0 Å². The molecule has 9 nitrogen and oxygen atoms in total. The second-order valence-corrected chi connectivity index (χ2v) is 6.28. The number of piperidine rings is 1. The van der Waals surface area contributed by atoms with Crippen LogP contribution < -0.4 is 5.32 Å². The van der Waals surface area contributed by atoms with E-state index in [-0.39, 0.29) is 35.8 Å². The van der Waals surface area contributed by atoms with Crippen LogP contribution in [-0.2, 0) is 6.54 Å². The third kappa shape index (κ3) is 3.78. The number of amides is 2. The lowest BCUT2D eigenvalue weighted by molar-refractivity contribution is 0.178. The maximum absolute atomic E-state index is 13.8. The maximum atomic E-state index is 13.8. The number of aromatic nitrogens is 5. The molecule has 2 amide bonds. The van der Waals surface area contributed by atoms with Gasteiger partial charge in [-0.25, -0.2) is 14.2 Å². The van der Waals surface area contributed by atoms with Gasteiger partial charge in [-0.3, -0.25) is 5.10 Å². The lowest BCUT2D eigenvalue weighted by atomic mass is 9.96. The first-order valence-electron chi connectivity index (χ1n) is 8.66. The molecule has 1 fully saturated rings. The van der Waals surface area contributed by atoms with Crippen molar-refractivity contribution in [3.05, 3.63) is 48.1 Å². The lowest BCUT2D eigenvalue weighted by Gasteiger charge is -2.30. The van der Waals surface area contributed by atoms with Gasteiger partial charge in [0.15, 0.2) is 0 Å². The molecule has 0 spiro atoms. The van der Waals surface area contributed by atoms with Crippen LogP contribution in [0, 0.1) is 5.82 Å². The molecule has 140 valence electrons. The second kappa shape index (κ2) is 7.52. The van der Waals surface area contributed by atoms with Crippen molar-refractivity contribution in [3.63, 3.8) is 0 Å². The number of urea groups is 1. The predicted octanol–water partition coefficient (Wildman–Crippen LogP) is 2.08. The largest absolute Gasteiger partial charge is 0.337 e. The Hall–Kier alpha value is -3.30. The standard InChI is InChI=1S/C17H18FN7O2/c18-13-4-2-1-3-12(13)16-22-14(27-24-16)9-19-17(26)25-7-5-11(6-8-25)15-20-10-21-23-15/h1-4,10-11H,5-9H2,(H,19,26)(H,20,21,23). The van der Waals surface area contributed by atoms with Crippen molar-refractivity contribution in [1.82, 2.24) is 35.5 Å². The number of nitrogens with zero attached hydrogens (tertiary/aromatic N) is 5. The van der Waals surface area contributed by atoms with Crippen molar-refractivity contribution in [2.45, 2.75) is 25.3 Å². The second-order valence-electron chi connectivity index (χ2n) is 6.28. The Balaban J connectivity index is 1.29. The summed E-state index contributed by atoms with van der Waals surface area (Å²) in [5.41, 5.74) is 0.258. The fraction of sp³-hybridized carbons (Fsp3) is 0.353. The molecular weight excluding hydrogens is 353 g/mol. The molecule has 1 aliphatic rings. The molecule has 0 atom stereocenters. The Morgan fingerprint density at radius 2 is 2.15 bits per heavy atom. The highest BCUT2D eigenvalue weighted by atomic mass is 19.1. The van der Waals surface area contributed by atoms with Crippen molar-refractivity contribution in [1.29, 1.82) is 0 Å². The first-order valence-corrected chi connectivity index (χ1v) is 8.66. The molecule has 0 radical (unpaired) electrons. The fourth-order valence-corrected chi connectivity index (χ4v) is 3.11. The summed E-state index contributed by atoms with van der Waals surface area (Å²) in [6.07, 6.45) is 3.13. The monoisotopic (exact) mass is 371 g/mol. The number of rotatable bonds is 4. The quantitative estimate of drug-likeness (QED) is 0.726. The molecule has 1 aliphatic heterocycles. The van der Waals surface area contributed by atoms with Gasteiger partial charge in [0.05, 0.1) is 12.1 Å². The van der Waals surface area contributed by atoms with Crippen LogP contribution >= 0.6 is 0 Å². The van der Waals surface area contributed by atoms with Gasteiger partial charge in [-0.1, -0.05) is 17.3 Å². The Morgan fingerprint density at radius 3 is 2.89 bits per heavy atom. The zero-order chi connectivity index (χ0) is 18.6. The molecule has 10 heteroatoms. The third-order valence-electron chi connectivity index (χ3n) is 4.58. The highest BCUT2D eigenvalue weighted by molar-refractivity contribution is 5.74. The number of carbonyl (C=O) groups is 1. The Labute approximate surface area is 154 Å². The van der Waals surface area contributed by atoms with E-state index in [1.165, 1.54) is 12.4 Å². The molecule has 0 unspecified atom stereocenters. The zero-order valence-corrected chi connectivity index (χ0v) is 14.4. The van der Waals surface area contributed by atoms with Crippen LogP contribution in [0.15, 0.2) is 35.1 Å². The minimum atomic E-state index is -0.427.